The van der Waals surface area contributed by atoms with Crippen LogP contribution in [0.25, 0.3) is 0 Å². The second-order valence-electron chi connectivity index (χ2n) is 2.36. The molecule has 0 radical (unpaired) electrons. The lowest BCUT2D eigenvalue weighted by molar-refractivity contribution is 0.560. The molecular formula is C9H6N2O. The van der Waals surface area contributed by atoms with Gasteiger partial charge in [0.15, 0.2) is 5.94 Å². The Hall–Kier alpha value is -1.86. The summed E-state index contributed by atoms with van der Waals surface area (Å²) in [5.41, 5.74) is 0.487. The van der Waals surface area contributed by atoms with Gasteiger partial charge in [-0.15, -0.1) is 0 Å². The number of rotatable bonds is 0. The van der Waals surface area contributed by atoms with E-state index >= 15 is 0 Å². The molecule has 2 rings (SSSR count). The van der Waals surface area contributed by atoms with E-state index in [4.69, 9.17) is 0 Å². The molecule has 0 N–H and O–H groups in total. The standard InChI is InChI=1S/C9H6N2O/c12-7-8-4-5-10-9-3-1-2-6-11(8)9/h1-6H. The largest absolute Gasteiger partial charge is 0.292 e. The zero-order chi connectivity index (χ0) is 8.39. The Morgan fingerprint density at radius 2 is 2.25 bits per heavy atom. The highest BCUT2D eigenvalue weighted by molar-refractivity contribution is 5.98. The molecular weight excluding hydrogens is 152 g/mol. The quantitative estimate of drug-likeness (QED) is 0.493. The molecule has 3 nitrogen and oxygen atoms in total. The molecule has 0 saturated heterocycles. The van der Waals surface area contributed by atoms with Gasteiger partial charge in [-0.25, -0.2) is 9.79 Å². The first-order chi connectivity index (χ1) is 5.92. The van der Waals surface area contributed by atoms with Crippen LogP contribution in [0.4, 0.5) is 0 Å². The van der Waals surface area contributed by atoms with Crippen molar-refractivity contribution in [2.75, 3.05) is 0 Å². The summed E-state index contributed by atoms with van der Waals surface area (Å²) in [5.74, 6) is 2.59. The molecule has 0 unspecified atom stereocenters. The van der Waals surface area contributed by atoms with Crippen LogP contribution < -0.4 is 0 Å². The fourth-order valence-electron chi connectivity index (χ4n) is 1.09. The number of fused-ring (bicyclic) bond motifs is 1. The Balaban J connectivity index is 2.48. The third-order valence-corrected chi connectivity index (χ3v) is 1.64. The number of hydrogen-bond acceptors (Lipinski definition) is 3. The molecule has 12 heavy (non-hydrogen) atoms. The van der Waals surface area contributed by atoms with Gasteiger partial charge in [0.05, 0.1) is 0 Å². The SMILES string of the molecule is O=C=C1C=CN=C2C=CC=CN12. The number of nitrogens with zero attached hydrogens (tertiary/aromatic N) is 2. The Morgan fingerprint density at radius 3 is 3.08 bits per heavy atom. The second-order valence-corrected chi connectivity index (χ2v) is 2.36. The molecule has 0 bridgehead atoms. The zero-order valence-electron chi connectivity index (χ0n) is 6.27. The van der Waals surface area contributed by atoms with Crippen LogP contribution in [0.5, 0.6) is 0 Å². The van der Waals surface area contributed by atoms with Crippen LogP contribution in [0.3, 0.4) is 0 Å². The number of aliphatic imine (C=N–C) groups is 1. The molecule has 0 amide bonds. The predicted molar refractivity (Wildman–Crippen MR) is 45.9 cm³/mol. The van der Waals surface area contributed by atoms with Crippen LogP contribution in [-0.2, 0) is 4.79 Å². The minimum Gasteiger partial charge on any atom is -0.292 e. The topological polar surface area (TPSA) is 32.7 Å². The van der Waals surface area contributed by atoms with Crippen molar-refractivity contribution < 1.29 is 4.79 Å². The van der Waals surface area contributed by atoms with Crippen molar-refractivity contribution in [2.24, 2.45) is 4.99 Å². The average Bonchev–Trinajstić information content (AvgIpc) is 2.17. The van der Waals surface area contributed by atoms with E-state index in [1.807, 2.05) is 24.2 Å². The monoisotopic (exact) mass is 158 g/mol. The Labute approximate surface area is 69.7 Å². The molecule has 2 heterocycles. The molecule has 0 aromatic rings. The van der Waals surface area contributed by atoms with Crippen LogP contribution in [-0.4, -0.2) is 16.7 Å². The van der Waals surface area contributed by atoms with Crippen molar-refractivity contribution in [2.45, 2.75) is 0 Å². The van der Waals surface area contributed by atoms with Crippen molar-refractivity contribution >= 4 is 11.8 Å². The summed E-state index contributed by atoms with van der Waals surface area (Å²) in [6, 6.07) is 0. The van der Waals surface area contributed by atoms with E-state index < -0.39 is 0 Å². The molecule has 0 aliphatic carbocycles. The number of hydrogen-bond donors (Lipinski definition) is 0. The molecule has 0 fully saturated rings. The molecule has 0 saturated carbocycles. The van der Waals surface area contributed by atoms with Gasteiger partial charge in [0, 0.05) is 12.4 Å². The maximum atomic E-state index is 10.4. The van der Waals surface area contributed by atoms with Gasteiger partial charge in [-0.3, -0.25) is 4.90 Å². The first kappa shape index (κ1) is 6.83. The molecule has 2 aliphatic heterocycles. The van der Waals surface area contributed by atoms with E-state index in [0.29, 0.717) is 5.70 Å². The number of allylic oxidation sites excluding steroid dienone is 3. The van der Waals surface area contributed by atoms with Gasteiger partial charge in [0.25, 0.3) is 0 Å². The highest BCUT2D eigenvalue weighted by atomic mass is 16.1. The molecule has 0 spiro atoms. The third kappa shape index (κ3) is 0.929. The van der Waals surface area contributed by atoms with Crippen LogP contribution in [0, 0.1) is 0 Å². The summed E-state index contributed by atoms with van der Waals surface area (Å²) in [6.45, 7) is 0. The fourth-order valence-corrected chi connectivity index (χ4v) is 1.09. The van der Waals surface area contributed by atoms with E-state index in [0.717, 1.165) is 5.84 Å². The van der Waals surface area contributed by atoms with Crippen LogP contribution >= 0.6 is 0 Å². The second kappa shape index (κ2) is 2.64. The van der Waals surface area contributed by atoms with E-state index in [1.165, 1.54) is 0 Å². The molecule has 0 aromatic carbocycles. The minimum absolute atomic E-state index is 0.487. The smallest absolute Gasteiger partial charge is 0.151 e. The summed E-state index contributed by atoms with van der Waals surface area (Å²) in [4.78, 5) is 16.2. The zero-order valence-corrected chi connectivity index (χ0v) is 6.27. The summed E-state index contributed by atoms with van der Waals surface area (Å²) >= 11 is 0. The van der Waals surface area contributed by atoms with Crippen LogP contribution in [0.1, 0.15) is 0 Å². The van der Waals surface area contributed by atoms with Gasteiger partial charge in [-0.2, -0.15) is 0 Å². The van der Waals surface area contributed by atoms with E-state index in [1.54, 1.807) is 23.4 Å². The van der Waals surface area contributed by atoms with E-state index in [9.17, 15) is 4.79 Å². The molecule has 58 valence electrons. The van der Waals surface area contributed by atoms with Gasteiger partial charge in [0.1, 0.15) is 11.5 Å². The summed E-state index contributed by atoms with van der Waals surface area (Å²) in [7, 11) is 0. The molecule has 0 atom stereocenters. The number of carbonyl (C=O) groups excluding carboxylic acids is 1. The Kier molecular flexibility index (Phi) is 1.50. The third-order valence-electron chi connectivity index (χ3n) is 1.64. The lowest BCUT2D eigenvalue weighted by Crippen LogP contribution is -2.26. The highest BCUT2D eigenvalue weighted by Crippen LogP contribution is 2.14. The lowest BCUT2D eigenvalue weighted by Gasteiger charge is -2.22. The molecule has 2 aliphatic rings. The predicted octanol–water partition coefficient (Wildman–Crippen LogP) is 1.01. The highest BCUT2D eigenvalue weighted by Gasteiger charge is 2.14. The summed E-state index contributed by atoms with van der Waals surface area (Å²) in [5, 5.41) is 0. The van der Waals surface area contributed by atoms with E-state index in [-0.39, 0.29) is 0 Å². The van der Waals surface area contributed by atoms with Gasteiger partial charge in [-0.05, 0) is 18.2 Å². The van der Waals surface area contributed by atoms with Crippen molar-refractivity contribution in [3.05, 3.63) is 42.4 Å². The van der Waals surface area contributed by atoms with Crippen molar-refractivity contribution in [1.82, 2.24) is 4.90 Å². The first-order valence-corrected chi connectivity index (χ1v) is 3.55. The molecule has 0 aromatic heterocycles. The molecule has 3 heteroatoms. The summed E-state index contributed by atoms with van der Waals surface area (Å²) < 4.78 is 0. The average molecular weight is 158 g/mol. The van der Waals surface area contributed by atoms with E-state index in [2.05, 4.69) is 4.99 Å². The van der Waals surface area contributed by atoms with Crippen LogP contribution in [0.15, 0.2) is 47.4 Å². The van der Waals surface area contributed by atoms with Gasteiger partial charge < -0.3 is 0 Å². The Morgan fingerprint density at radius 1 is 1.33 bits per heavy atom. The normalized spacial score (nSPS) is 18.8. The van der Waals surface area contributed by atoms with Gasteiger partial charge in [0.2, 0.25) is 0 Å². The minimum atomic E-state index is 0.487. The fraction of sp³-hybridized carbons (Fsp3) is 0. The van der Waals surface area contributed by atoms with Crippen LogP contribution in [0.2, 0.25) is 0 Å². The van der Waals surface area contributed by atoms with Gasteiger partial charge in [-0.1, -0.05) is 6.08 Å². The van der Waals surface area contributed by atoms with Gasteiger partial charge >= 0.3 is 0 Å². The lowest BCUT2D eigenvalue weighted by atomic mass is 10.2. The number of amidine groups is 1. The van der Waals surface area contributed by atoms with Crippen molar-refractivity contribution in [3.63, 3.8) is 0 Å². The maximum absolute atomic E-state index is 10.4. The summed E-state index contributed by atoms with van der Waals surface area (Å²) in [6.07, 6.45) is 10.5. The maximum Gasteiger partial charge on any atom is 0.151 e. The Bertz CT molecular complexity index is 368. The van der Waals surface area contributed by atoms with Crippen molar-refractivity contribution in [1.29, 1.82) is 0 Å². The van der Waals surface area contributed by atoms with Crippen molar-refractivity contribution in [3.8, 4) is 0 Å². The first-order valence-electron chi connectivity index (χ1n) is 3.55.